The van der Waals surface area contributed by atoms with Crippen molar-refractivity contribution < 1.29 is 28.2 Å². The number of amides is 1. The Morgan fingerprint density at radius 2 is 1.89 bits per heavy atom. The molecule has 37 heavy (non-hydrogen) atoms. The summed E-state index contributed by atoms with van der Waals surface area (Å²) in [6.07, 6.45) is 5.35. The number of carbonyl (C=O) groups is 2. The Morgan fingerprint density at radius 3 is 2.51 bits per heavy atom. The zero-order valence-corrected chi connectivity index (χ0v) is 21.6. The van der Waals surface area contributed by atoms with E-state index >= 15 is 0 Å². The van der Waals surface area contributed by atoms with Crippen molar-refractivity contribution in [2.75, 3.05) is 6.54 Å². The van der Waals surface area contributed by atoms with Crippen LogP contribution in [-0.2, 0) is 26.2 Å². The maximum atomic E-state index is 13.2. The number of allylic oxidation sites excluding steroid dienone is 1. The fourth-order valence-corrected chi connectivity index (χ4v) is 5.67. The van der Waals surface area contributed by atoms with Gasteiger partial charge < -0.3 is 15.5 Å². The summed E-state index contributed by atoms with van der Waals surface area (Å²) in [5.74, 6) is -1.09. The van der Waals surface area contributed by atoms with Crippen molar-refractivity contribution in [1.82, 2.24) is 10.2 Å². The molecule has 2 aliphatic rings. The Kier molecular flexibility index (Phi) is 8.01. The number of nitrogens with two attached hydrogens (primary N) is 1. The Bertz CT molecular complexity index is 1310. The largest absolute Gasteiger partial charge is 0.507 e. The summed E-state index contributed by atoms with van der Waals surface area (Å²) in [6.45, 7) is 3.24. The fraction of sp³-hybridized carbons (Fsp3) is 0.407. The molecule has 1 amide bonds. The van der Waals surface area contributed by atoms with Crippen molar-refractivity contribution in [3.63, 3.8) is 0 Å². The highest BCUT2D eigenvalue weighted by molar-refractivity contribution is 7.89. The van der Waals surface area contributed by atoms with Crippen LogP contribution in [0, 0.1) is 5.92 Å². The van der Waals surface area contributed by atoms with Gasteiger partial charge in [0.2, 0.25) is 15.9 Å². The van der Waals surface area contributed by atoms with Gasteiger partial charge in [-0.1, -0.05) is 29.8 Å². The standard InChI is InChI=1S/C27H33N3O6S/c1-17(19-5-7-21(8-6-19)27(33)34)29-26(32)24-3-2-14-30(24)16-18-4-13-25(31)23(15-18)20-9-11-22(12-10-20)37(28,35)36/h4-5,9-13,15,17,21,24,31H,2-3,6-8,14,16H2,1H3,(H,29,32)(H,33,34)(H2,28,35,36)/t17-,21?,24+/m0/s1. The molecule has 0 aromatic heterocycles. The van der Waals surface area contributed by atoms with Gasteiger partial charge in [0.25, 0.3) is 0 Å². The second-order valence-corrected chi connectivity index (χ2v) is 11.4. The summed E-state index contributed by atoms with van der Waals surface area (Å²) in [7, 11) is -3.81. The molecule has 5 N–H and O–H groups in total. The van der Waals surface area contributed by atoms with Gasteiger partial charge in [0, 0.05) is 18.2 Å². The van der Waals surface area contributed by atoms with Crippen LogP contribution < -0.4 is 10.5 Å². The van der Waals surface area contributed by atoms with Crippen LogP contribution in [0.25, 0.3) is 11.1 Å². The Labute approximate surface area is 217 Å². The normalized spacial score (nSPS) is 21.3. The van der Waals surface area contributed by atoms with E-state index in [9.17, 15) is 28.2 Å². The first-order valence-electron chi connectivity index (χ1n) is 12.4. The predicted octanol–water partition coefficient (Wildman–Crippen LogP) is 2.99. The Balaban J connectivity index is 1.43. The van der Waals surface area contributed by atoms with E-state index in [-0.39, 0.29) is 34.6 Å². The third-order valence-electron chi connectivity index (χ3n) is 7.32. The van der Waals surface area contributed by atoms with Gasteiger partial charge >= 0.3 is 5.97 Å². The second-order valence-electron chi connectivity index (χ2n) is 9.87. The van der Waals surface area contributed by atoms with E-state index in [1.54, 1.807) is 18.2 Å². The first-order chi connectivity index (χ1) is 17.5. The van der Waals surface area contributed by atoms with E-state index < -0.39 is 16.0 Å². The molecule has 2 aromatic carbocycles. The zero-order valence-electron chi connectivity index (χ0n) is 20.8. The van der Waals surface area contributed by atoms with Crippen molar-refractivity contribution >= 4 is 21.9 Å². The average Bonchev–Trinajstić information content (AvgIpc) is 3.33. The molecule has 9 nitrogen and oxygen atoms in total. The number of hydrogen-bond acceptors (Lipinski definition) is 6. The molecule has 1 unspecified atom stereocenters. The third kappa shape index (κ3) is 6.38. The minimum absolute atomic E-state index is 0.00210. The van der Waals surface area contributed by atoms with E-state index in [0.29, 0.717) is 36.9 Å². The highest BCUT2D eigenvalue weighted by atomic mass is 32.2. The number of nitrogens with zero attached hydrogens (tertiary/aromatic N) is 1. The smallest absolute Gasteiger partial charge is 0.306 e. The van der Waals surface area contributed by atoms with Crippen LogP contribution in [0.4, 0.5) is 0 Å². The number of aromatic hydroxyl groups is 1. The van der Waals surface area contributed by atoms with Gasteiger partial charge in [-0.15, -0.1) is 0 Å². The van der Waals surface area contributed by atoms with Crippen molar-refractivity contribution in [2.45, 2.75) is 62.6 Å². The van der Waals surface area contributed by atoms with E-state index in [2.05, 4.69) is 10.2 Å². The summed E-state index contributed by atoms with van der Waals surface area (Å²) < 4.78 is 23.1. The second kappa shape index (κ2) is 11.0. The maximum Gasteiger partial charge on any atom is 0.306 e. The molecule has 198 valence electrons. The molecule has 1 aliphatic carbocycles. The number of aliphatic carboxylic acids is 1. The van der Waals surface area contributed by atoms with Gasteiger partial charge in [-0.25, -0.2) is 13.6 Å². The van der Waals surface area contributed by atoms with Crippen molar-refractivity contribution in [1.29, 1.82) is 0 Å². The van der Waals surface area contributed by atoms with E-state index in [4.69, 9.17) is 5.14 Å². The number of likely N-dealkylation sites (tertiary alicyclic amines) is 1. The van der Waals surface area contributed by atoms with Crippen LogP contribution in [0.1, 0.15) is 44.6 Å². The van der Waals surface area contributed by atoms with Crippen molar-refractivity contribution in [3.8, 4) is 16.9 Å². The predicted molar refractivity (Wildman–Crippen MR) is 139 cm³/mol. The summed E-state index contributed by atoms with van der Waals surface area (Å²) >= 11 is 0. The van der Waals surface area contributed by atoms with E-state index in [1.165, 1.54) is 12.1 Å². The first-order valence-corrected chi connectivity index (χ1v) is 14.0. The molecule has 0 spiro atoms. The number of phenols is 1. The quantitative estimate of drug-likeness (QED) is 0.385. The van der Waals surface area contributed by atoms with Crippen LogP contribution in [0.2, 0.25) is 0 Å². The van der Waals surface area contributed by atoms with E-state index in [1.807, 2.05) is 25.1 Å². The van der Waals surface area contributed by atoms with Gasteiger partial charge in [-0.2, -0.15) is 0 Å². The SMILES string of the molecule is C[C@H](NC(=O)[C@H]1CCCN1Cc1ccc(O)c(-c2ccc(S(N)(=O)=O)cc2)c1)C1=CCC(C(=O)O)CC1. The minimum Gasteiger partial charge on any atom is -0.507 e. The molecule has 0 radical (unpaired) electrons. The molecule has 4 rings (SSSR count). The van der Waals surface area contributed by atoms with Crippen molar-refractivity contribution in [3.05, 3.63) is 59.7 Å². The topological polar surface area (TPSA) is 150 Å². The minimum atomic E-state index is -3.81. The summed E-state index contributed by atoms with van der Waals surface area (Å²) in [4.78, 5) is 26.5. The molecule has 0 saturated carbocycles. The molecule has 3 atom stereocenters. The van der Waals surface area contributed by atoms with Gasteiger partial charge in [-0.3, -0.25) is 14.5 Å². The highest BCUT2D eigenvalue weighted by Gasteiger charge is 2.32. The number of carboxylic acid groups (broad SMARTS) is 1. The van der Waals surface area contributed by atoms with Crippen LogP contribution in [0.5, 0.6) is 5.75 Å². The molecular weight excluding hydrogens is 494 g/mol. The lowest BCUT2D eigenvalue weighted by atomic mass is 9.87. The molecule has 10 heteroatoms. The summed E-state index contributed by atoms with van der Waals surface area (Å²) in [6, 6.07) is 10.9. The fourth-order valence-electron chi connectivity index (χ4n) is 5.16. The number of primary sulfonamides is 1. The molecular formula is C27H33N3O6S. The lowest BCUT2D eigenvalue weighted by Gasteiger charge is -2.28. The van der Waals surface area contributed by atoms with Crippen LogP contribution in [0.3, 0.4) is 0 Å². The lowest BCUT2D eigenvalue weighted by Crippen LogP contribution is -2.46. The lowest BCUT2D eigenvalue weighted by molar-refractivity contribution is -0.142. The average molecular weight is 528 g/mol. The Hall–Kier alpha value is -3.21. The molecule has 1 heterocycles. The summed E-state index contributed by atoms with van der Waals surface area (Å²) in [5, 5.41) is 27.9. The number of phenolic OH excluding ortho intramolecular Hbond substituents is 1. The number of carbonyl (C=O) groups excluding carboxylic acids is 1. The first kappa shape index (κ1) is 26.8. The number of rotatable bonds is 8. The number of nitrogens with one attached hydrogen (secondary N) is 1. The van der Waals surface area contributed by atoms with Gasteiger partial charge in [0.15, 0.2) is 0 Å². The van der Waals surface area contributed by atoms with Crippen LogP contribution in [0.15, 0.2) is 59.0 Å². The number of carboxylic acids is 1. The van der Waals surface area contributed by atoms with Gasteiger partial charge in [0.1, 0.15) is 5.75 Å². The Morgan fingerprint density at radius 1 is 1.16 bits per heavy atom. The number of hydrogen-bond donors (Lipinski definition) is 4. The monoisotopic (exact) mass is 527 g/mol. The van der Waals surface area contributed by atoms with E-state index in [0.717, 1.165) is 30.5 Å². The van der Waals surface area contributed by atoms with Gasteiger partial charge in [-0.05, 0) is 81.0 Å². The number of sulfonamides is 1. The maximum absolute atomic E-state index is 13.2. The molecule has 1 saturated heterocycles. The molecule has 1 fully saturated rings. The zero-order chi connectivity index (χ0) is 26.7. The van der Waals surface area contributed by atoms with Crippen LogP contribution >= 0.6 is 0 Å². The number of benzene rings is 2. The molecule has 2 aromatic rings. The van der Waals surface area contributed by atoms with Crippen LogP contribution in [-0.4, -0.2) is 54.0 Å². The van der Waals surface area contributed by atoms with Gasteiger partial charge in [0.05, 0.1) is 16.9 Å². The molecule has 0 bridgehead atoms. The highest BCUT2D eigenvalue weighted by Crippen LogP contribution is 2.32. The van der Waals surface area contributed by atoms with Crippen molar-refractivity contribution in [2.24, 2.45) is 11.1 Å². The molecule has 1 aliphatic heterocycles. The third-order valence-corrected chi connectivity index (χ3v) is 8.25. The summed E-state index contributed by atoms with van der Waals surface area (Å²) in [5.41, 5.74) is 3.22.